The molecule has 138 valence electrons. The lowest BCUT2D eigenvalue weighted by molar-refractivity contribution is -0.384. The first-order valence-electron chi connectivity index (χ1n) is 7.77. The van der Waals surface area contributed by atoms with Crippen molar-refractivity contribution in [3.8, 4) is 0 Å². The molecular weight excluding hydrogens is 382 g/mol. The summed E-state index contributed by atoms with van der Waals surface area (Å²) in [5.41, 5.74) is 0.658. The van der Waals surface area contributed by atoms with Crippen LogP contribution in [0.2, 0.25) is 5.02 Å². The van der Waals surface area contributed by atoms with E-state index in [9.17, 15) is 18.5 Å². The number of para-hydroxylation sites is 2. The lowest BCUT2D eigenvalue weighted by Gasteiger charge is -2.30. The summed E-state index contributed by atoms with van der Waals surface area (Å²) in [6.07, 6.45) is 0. The first kappa shape index (κ1) is 18.4. The van der Waals surface area contributed by atoms with E-state index in [2.05, 4.69) is 4.72 Å². The molecule has 2 aromatic rings. The number of nitro groups is 1. The van der Waals surface area contributed by atoms with Crippen LogP contribution in [-0.4, -0.2) is 39.6 Å². The maximum atomic E-state index is 12.7. The number of rotatable bonds is 5. The van der Waals surface area contributed by atoms with Gasteiger partial charge in [-0.25, -0.2) is 8.42 Å². The lowest BCUT2D eigenvalue weighted by atomic mass is 10.2. The fourth-order valence-corrected chi connectivity index (χ4v) is 3.92. The van der Waals surface area contributed by atoms with E-state index < -0.39 is 20.6 Å². The Morgan fingerprint density at radius 3 is 2.54 bits per heavy atom. The largest absolute Gasteiger partial charge is 0.378 e. The second kappa shape index (κ2) is 7.48. The van der Waals surface area contributed by atoms with Crippen LogP contribution in [0.4, 0.5) is 17.1 Å². The molecule has 1 fully saturated rings. The molecule has 0 aliphatic carbocycles. The van der Waals surface area contributed by atoms with Crippen LogP contribution >= 0.6 is 11.6 Å². The summed E-state index contributed by atoms with van der Waals surface area (Å²) in [6.45, 7) is 2.41. The molecule has 8 nitrogen and oxygen atoms in total. The molecule has 0 aromatic heterocycles. The number of nitrogens with one attached hydrogen (secondary N) is 1. The minimum atomic E-state index is -4.02. The molecule has 0 atom stereocenters. The first-order valence-corrected chi connectivity index (χ1v) is 9.63. The molecule has 0 saturated carbocycles. The summed E-state index contributed by atoms with van der Waals surface area (Å²) in [6, 6.07) is 10.4. The van der Waals surface area contributed by atoms with Gasteiger partial charge in [0.05, 0.1) is 34.4 Å². The number of halogens is 1. The molecule has 0 radical (unpaired) electrons. The Labute approximate surface area is 155 Å². The van der Waals surface area contributed by atoms with E-state index in [1.165, 1.54) is 12.1 Å². The monoisotopic (exact) mass is 397 g/mol. The molecule has 0 amide bonds. The van der Waals surface area contributed by atoms with Gasteiger partial charge in [-0.1, -0.05) is 23.7 Å². The van der Waals surface area contributed by atoms with Crippen LogP contribution < -0.4 is 9.62 Å². The van der Waals surface area contributed by atoms with Crippen LogP contribution in [0.1, 0.15) is 0 Å². The fraction of sp³-hybridized carbons (Fsp3) is 0.250. The third-order valence-electron chi connectivity index (χ3n) is 3.92. The Kier molecular flexibility index (Phi) is 5.30. The van der Waals surface area contributed by atoms with E-state index in [-0.39, 0.29) is 9.92 Å². The van der Waals surface area contributed by atoms with Crippen LogP contribution in [0, 0.1) is 10.1 Å². The molecule has 0 bridgehead atoms. The molecule has 26 heavy (non-hydrogen) atoms. The second-order valence-corrected chi connectivity index (χ2v) is 7.68. The third-order valence-corrected chi connectivity index (χ3v) is 5.61. The fourth-order valence-electron chi connectivity index (χ4n) is 2.64. The number of morpholine rings is 1. The minimum absolute atomic E-state index is 0.123. The van der Waals surface area contributed by atoms with Crippen LogP contribution in [0.3, 0.4) is 0 Å². The van der Waals surface area contributed by atoms with Gasteiger partial charge >= 0.3 is 0 Å². The summed E-state index contributed by atoms with van der Waals surface area (Å²) in [5, 5.41) is 10.9. The predicted molar refractivity (Wildman–Crippen MR) is 98.4 cm³/mol. The Hall–Kier alpha value is -2.36. The van der Waals surface area contributed by atoms with Gasteiger partial charge in [-0.15, -0.1) is 0 Å². The van der Waals surface area contributed by atoms with E-state index in [1.54, 1.807) is 12.1 Å². The topological polar surface area (TPSA) is 102 Å². The average molecular weight is 398 g/mol. The van der Waals surface area contributed by atoms with Crippen molar-refractivity contribution in [2.24, 2.45) is 0 Å². The number of ether oxygens (including phenoxy) is 1. The Balaban J connectivity index is 1.93. The summed E-state index contributed by atoms with van der Waals surface area (Å²) in [5.74, 6) is 0. The van der Waals surface area contributed by atoms with Gasteiger partial charge in [0, 0.05) is 19.2 Å². The second-order valence-electron chi connectivity index (χ2n) is 5.59. The van der Waals surface area contributed by atoms with Crippen molar-refractivity contribution in [3.05, 3.63) is 57.6 Å². The molecule has 10 heteroatoms. The van der Waals surface area contributed by atoms with E-state index in [0.29, 0.717) is 32.0 Å². The molecule has 0 spiro atoms. The zero-order chi connectivity index (χ0) is 18.7. The van der Waals surface area contributed by atoms with Gasteiger partial charge in [-0.3, -0.25) is 14.8 Å². The van der Waals surface area contributed by atoms with Crippen LogP contribution in [-0.2, 0) is 14.8 Å². The number of sulfonamides is 1. The van der Waals surface area contributed by atoms with Crippen LogP contribution in [0.15, 0.2) is 47.4 Å². The molecule has 0 unspecified atom stereocenters. The normalized spacial score (nSPS) is 14.9. The smallest absolute Gasteiger partial charge is 0.289 e. The van der Waals surface area contributed by atoms with Gasteiger partial charge in [-0.05, 0) is 24.3 Å². The van der Waals surface area contributed by atoms with Crippen LogP contribution in [0.5, 0.6) is 0 Å². The average Bonchev–Trinajstić information content (AvgIpc) is 2.62. The molecule has 1 aliphatic rings. The molecule has 1 N–H and O–H groups in total. The first-order chi connectivity index (χ1) is 12.4. The summed E-state index contributed by atoms with van der Waals surface area (Å²) in [7, 11) is -4.02. The zero-order valence-electron chi connectivity index (χ0n) is 13.6. The number of anilines is 2. The molecule has 2 aromatic carbocycles. The van der Waals surface area contributed by atoms with Crippen molar-refractivity contribution in [1.29, 1.82) is 0 Å². The van der Waals surface area contributed by atoms with E-state index in [0.717, 1.165) is 11.8 Å². The molecule has 1 aliphatic heterocycles. The van der Waals surface area contributed by atoms with Crippen molar-refractivity contribution in [2.75, 3.05) is 35.9 Å². The summed E-state index contributed by atoms with van der Waals surface area (Å²) in [4.78, 5) is 12.1. The number of hydrogen-bond acceptors (Lipinski definition) is 6. The number of nitrogens with zero attached hydrogens (tertiary/aromatic N) is 2. The Morgan fingerprint density at radius 2 is 1.85 bits per heavy atom. The standard InChI is InChI=1S/C16H16ClN3O5S/c17-13-6-5-12(11-16(13)20(21)22)26(23,24)18-14-3-1-2-4-15(14)19-7-9-25-10-8-19/h1-6,11,18H,7-10H2. The zero-order valence-corrected chi connectivity index (χ0v) is 15.2. The van der Waals surface area contributed by atoms with Crippen LogP contribution in [0.25, 0.3) is 0 Å². The number of benzene rings is 2. The van der Waals surface area contributed by atoms with Crippen molar-refractivity contribution >= 4 is 38.7 Å². The minimum Gasteiger partial charge on any atom is -0.378 e. The molecular formula is C16H16ClN3O5S. The summed E-state index contributed by atoms with van der Waals surface area (Å²) < 4.78 is 33.2. The molecule has 1 heterocycles. The van der Waals surface area contributed by atoms with Gasteiger partial charge in [0.25, 0.3) is 15.7 Å². The SMILES string of the molecule is O=[N+]([O-])c1cc(S(=O)(=O)Nc2ccccc2N2CCOCC2)ccc1Cl. The predicted octanol–water partition coefficient (Wildman–Crippen LogP) is 2.89. The highest BCUT2D eigenvalue weighted by Gasteiger charge is 2.23. The van der Waals surface area contributed by atoms with E-state index >= 15 is 0 Å². The van der Waals surface area contributed by atoms with E-state index in [1.807, 2.05) is 17.0 Å². The van der Waals surface area contributed by atoms with E-state index in [4.69, 9.17) is 16.3 Å². The maximum Gasteiger partial charge on any atom is 0.289 e. The summed E-state index contributed by atoms with van der Waals surface area (Å²) >= 11 is 5.75. The quantitative estimate of drug-likeness (QED) is 0.614. The maximum absolute atomic E-state index is 12.7. The molecule has 1 saturated heterocycles. The highest BCUT2D eigenvalue weighted by Crippen LogP contribution is 2.31. The number of hydrogen-bond donors (Lipinski definition) is 1. The highest BCUT2D eigenvalue weighted by molar-refractivity contribution is 7.92. The molecule has 3 rings (SSSR count). The van der Waals surface area contributed by atoms with Gasteiger partial charge in [0.1, 0.15) is 5.02 Å². The van der Waals surface area contributed by atoms with Crippen molar-refractivity contribution < 1.29 is 18.1 Å². The van der Waals surface area contributed by atoms with Gasteiger partial charge in [0.15, 0.2) is 0 Å². The number of nitro benzene ring substituents is 1. The highest BCUT2D eigenvalue weighted by atomic mass is 35.5. The van der Waals surface area contributed by atoms with Gasteiger partial charge in [0.2, 0.25) is 0 Å². The third kappa shape index (κ3) is 3.90. The lowest BCUT2D eigenvalue weighted by Crippen LogP contribution is -2.36. The Bertz CT molecular complexity index is 929. The van der Waals surface area contributed by atoms with Crippen molar-refractivity contribution in [3.63, 3.8) is 0 Å². The van der Waals surface area contributed by atoms with Crippen molar-refractivity contribution in [2.45, 2.75) is 4.90 Å². The van der Waals surface area contributed by atoms with Gasteiger partial charge < -0.3 is 9.64 Å². The Morgan fingerprint density at radius 1 is 1.15 bits per heavy atom. The van der Waals surface area contributed by atoms with Gasteiger partial charge in [-0.2, -0.15) is 0 Å². The van der Waals surface area contributed by atoms with Crippen molar-refractivity contribution in [1.82, 2.24) is 0 Å².